The van der Waals surface area contributed by atoms with Gasteiger partial charge in [0.1, 0.15) is 0 Å². The van der Waals surface area contributed by atoms with Crippen molar-refractivity contribution in [1.29, 1.82) is 0 Å². The van der Waals surface area contributed by atoms with Crippen LogP contribution in [0.3, 0.4) is 0 Å². The molecular weight excluding hydrogens is 365 g/mol. The van der Waals surface area contributed by atoms with Crippen LogP contribution in [0.1, 0.15) is 17.5 Å². The number of ether oxygens (including phenoxy) is 1. The Labute approximate surface area is 139 Å². The molecule has 0 atom stereocenters. The molecule has 0 fully saturated rings. The molecule has 114 valence electrons. The lowest BCUT2D eigenvalue weighted by molar-refractivity contribution is 0.195. The van der Waals surface area contributed by atoms with Crippen molar-refractivity contribution in [1.82, 2.24) is 10.2 Å². The molecule has 0 bridgehead atoms. The first-order valence-corrected chi connectivity index (χ1v) is 6.64. The first-order valence-electron chi connectivity index (χ1n) is 6.64. The van der Waals surface area contributed by atoms with Crippen molar-refractivity contribution in [2.75, 3.05) is 34.4 Å². The number of nitrogens with one attached hydrogen (secondary N) is 1. The van der Waals surface area contributed by atoms with Crippen molar-refractivity contribution >= 4 is 29.9 Å². The van der Waals surface area contributed by atoms with Gasteiger partial charge in [-0.25, -0.2) is 0 Å². The lowest BCUT2D eigenvalue weighted by Gasteiger charge is -2.23. The predicted molar refractivity (Wildman–Crippen MR) is 95.9 cm³/mol. The van der Waals surface area contributed by atoms with Crippen LogP contribution in [-0.4, -0.2) is 45.2 Å². The molecule has 1 rings (SSSR count). The van der Waals surface area contributed by atoms with E-state index < -0.39 is 0 Å². The van der Waals surface area contributed by atoms with E-state index in [0.717, 1.165) is 32.1 Å². The number of hydrogen-bond acceptors (Lipinski definition) is 2. The highest BCUT2D eigenvalue weighted by molar-refractivity contribution is 14.0. The molecule has 0 amide bonds. The summed E-state index contributed by atoms with van der Waals surface area (Å²) in [4.78, 5) is 6.44. The molecular formula is C15H26IN3O. The largest absolute Gasteiger partial charge is 0.385 e. The summed E-state index contributed by atoms with van der Waals surface area (Å²) in [5, 5.41) is 3.34. The molecule has 0 heterocycles. The Morgan fingerprint density at radius 2 is 2.05 bits per heavy atom. The van der Waals surface area contributed by atoms with E-state index in [-0.39, 0.29) is 24.0 Å². The summed E-state index contributed by atoms with van der Waals surface area (Å²) in [6.45, 7) is 4.64. The summed E-state index contributed by atoms with van der Waals surface area (Å²) in [6.07, 6.45) is 0.980. The number of benzene rings is 1. The van der Waals surface area contributed by atoms with Crippen LogP contribution in [0.25, 0.3) is 0 Å². The second-order valence-electron chi connectivity index (χ2n) is 4.60. The van der Waals surface area contributed by atoms with Crippen LogP contribution in [0.5, 0.6) is 0 Å². The topological polar surface area (TPSA) is 36.9 Å². The number of aliphatic imine (C=N–C) groups is 1. The minimum absolute atomic E-state index is 0. The number of halogens is 1. The highest BCUT2D eigenvalue weighted by atomic mass is 127. The quantitative estimate of drug-likeness (QED) is 0.351. The molecule has 1 aromatic carbocycles. The van der Waals surface area contributed by atoms with Gasteiger partial charge in [-0.05, 0) is 24.5 Å². The maximum Gasteiger partial charge on any atom is 0.193 e. The third-order valence-corrected chi connectivity index (χ3v) is 3.05. The van der Waals surface area contributed by atoms with Gasteiger partial charge in [0.2, 0.25) is 0 Å². The Balaban J connectivity index is 0.00000361. The first-order chi connectivity index (χ1) is 9.19. The van der Waals surface area contributed by atoms with Gasteiger partial charge in [0.05, 0.1) is 0 Å². The third-order valence-electron chi connectivity index (χ3n) is 3.05. The van der Waals surface area contributed by atoms with Gasteiger partial charge in [0.25, 0.3) is 0 Å². The van der Waals surface area contributed by atoms with Crippen molar-refractivity contribution < 1.29 is 4.74 Å². The van der Waals surface area contributed by atoms with Crippen LogP contribution in [0.4, 0.5) is 0 Å². The van der Waals surface area contributed by atoms with Gasteiger partial charge < -0.3 is 15.0 Å². The Morgan fingerprint density at radius 1 is 1.35 bits per heavy atom. The van der Waals surface area contributed by atoms with E-state index in [1.165, 1.54) is 11.1 Å². The number of rotatable bonds is 6. The van der Waals surface area contributed by atoms with Crippen LogP contribution in [0, 0.1) is 6.92 Å². The van der Waals surface area contributed by atoms with E-state index in [2.05, 4.69) is 53.4 Å². The number of methoxy groups -OCH3 is 1. The van der Waals surface area contributed by atoms with E-state index >= 15 is 0 Å². The molecule has 1 aromatic rings. The molecule has 0 aliphatic carbocycles. The molecule has 1 N–H and O–H groups in total. The normalized spacial score (nSPS) is 10.9. The number of hydrogen-bond donors (Lipinski definition) is 1. The Morgan fingerprint density at radius 3 is 2.65 bits per heavy atom. The van der Waals surface area contributed by atoms with Crippen molar-refractivity contribution in [3.63, 3.8) is 0 Å². The molecule has 0 aromatic heterocycles. The molecule has 0 unspecified atom stereocenters. The molecule has 0 aliphatic heterocycles. The number of guanidine groups is 1. The van der Waals surface area contributed by atoms with Crippen LogP contribution in [0.2, 0.25) is 0 Å². The van der Waals surface area contributed by atoms with E-state index in [1.807, 2.05) is 7.05 Å². The molecule has 0 saturated heterocycles. The maximum absolute atomic E-state index is 5.04. The fraction of sp³-hybridized carbons (Fsp3) is 0.533. The van der Waals surface area contributed by atoms with Crippen LogP contribution < -0.4 is 5.32 Å². The zero-order valence-electron chi connectivity index (χ0n) is 12.8. The summed E-state index contributed by atoms with van der Waals surface area (Å²) in [6, 6.07) is 8.43. The Bertz CT molecular complexity index is 410. The van der Waals surface area contributed by atoms with Crippen molar-refractivity contribution in [3.8, 4) is 0 Å². The first kappa shape index (κ1) is 19.2. The van der Waals surface area contributed by atoms with E-state index in [9.17, 15) is 0 Å². The summed E-state index contributed by atoms with van der Waals surface area (Å²) >= 11 is 0. The average molecular weight is 391 g/mol. The van der Waals surface area contributed by atoms with Crippen LogP contribution >= 0.6 is 24.0 Å². The molecule has 5 heteroatoms. The van der Waals surface area contributed by atoms with Gasteiger partial charge in [0, 0.05) is 40.9 Å². The minimum atomic E-state index is 0. The van der Waals surface area contributed by atoms with E-state index in [4.69, 9.17) is 4.74 Å². The maximum atomic E-state index is 5.04. The third kappa shape index (κ3) is 6.56. The smallest absolute Gasteiger partial charge is 0.193 e. The zero-order chi connectivity index (χ0) is 14.1. The van der Waals surface area contributed by atoms with E-state index in [1.54, 1.807) is 7.11 Å². The van der Waals surface area contributed by atoms with Crippen LogP contribution in [-0.2, 0) is 11.3 Å². The lowest BCUT2D eigenvalue weighted by Crippen LogP contribution is -2.39. The molecule has 0 aliphatic rings. The summed E-state index contributed by atoms with van der Waals surface area (Å²) in [5.74, 6) is 0.916. The second-order valence-corrected chi connectivity index (χ2v) is 4.60. The zero-order valence-corrected chi connectivity index (χ0v) is 15.2. The molecule has 0 saturated carbocycles. The van der Waals surface area contributed by atoms with E-state index in [0.29, 0.717) is 0 Å². The molecule has 0 spiro atoms. The van der Waals surface area contributed by atoms with Crippen molar-refractivity contribution in [2.45, 2.75) is 19.9 Å². The summed E-state index contributed by atoms with van der Waals surface area (Å²) in [7, 11) is 5.59. The molecule has 0 radical (unpaired) electrons. The average Bonchev–Trinajstić information content (AvgIpc) is 2.41. The SMILES string of the molecule is CN=C(NCCCOC)N(C)Cc1ccccc1C.I. The van der Waals surface area contributed by atoms with Gasteiger partial charge in [0.15, 0.2) is 5.96 Å². The van der Waals surface area contributed by atoms with Crippen molar-refractivity contribution in [2.24, 2.45) is 4.99 Å². The minimum Gasteiger partial charge on any atom is -0.385 e. The standard InChI is InChI=1S/C15H25N3O.HI/c1-13-8-5-6-9-14(13)12-18(3)15(16-2)17-10-7-11-19-4;/h5-6,8-9H,7,10-12H2,1-4H3,(H,16,17);1H. The predicted octanol–water partition coefficient (Wildman–Crippen LogP) is 2.66. The number of aryl methyl sites for hydroxylation is 1. The van der Waals surface area contributed by atoms with Crippen LogP contribution in [0.15, 0.2) is 29.3 Å². The highest BCUT2D eigenvalue weighted by Crippen LogP contribution is 2.09. The van der Waals surface area contributed by atoms with Gasteiger partial charge in [-0.3, -0.25) is 4.99 Å². The molecule has 20 heavy (non-hydrogen) atoms. The second kappa shape index (κ2) is 10.9. The Kier molecular flexibility index (Phi) is 10.5. The molecule has 4 nitrogen and oxygen atoms in total. The van der Waals surface area contributed by atoms with Gasteiger partial charge >= 0.3 is 0 Å². The van der Waals surface area contributed by atoms with Gasteiger partial charge in [-0.2, -0.15) is 0 Å². The number of nitrogens with zero attached hydrogens (tertiary/aromatic N) is 2. The fourth-order valence-corrected chi connectivity index (χ4v) is 1.92. The fourth-order valence-electron chi connectivity index (χ4n) is 1.92. The van der Waals surface area contributed by atoms with Gasteiger partial charge in [-0.15, -0.1) is 24.0 Å². The highest BCUT2D eigenvalue weighted by Gasteiger charge is 2.07. The van der Waals surface area contributed by atoms with Gasteiger partial charge in [-0.1, -0.05) is 24.3 Å². The lowest BCUT2D eigenvalue weighted by atomic mass is 10.1. The Hall–Kier alpha value is -0.820. The van der Waals surface area contributed by atoms with Crippen molar-refractivity contribution in [3.05, 3.63) is 35.4 Å². The summed E-state index contributed by atoms with van der Waals surface area (Å²) in [5.41, 5.74) is 2.63. The monoisotopic (exact) mass is 391 g/mol. The summed E-state index contributed by atoms with van der Waals surface area (Å²) < 4.78 is 5.04.